The van der Waals surface area contributed by atoms with Crippen molar-refractivity contribution < 1.29 is 9.59 Å². The summed E-state index contributed by atoms with van der Waals surface area (Å²) in [5.41, 5.74) is 5.69. The minimum Gasteiger partial charge on any atom is -0.341 e. The van der Waals surface area contributed by atoms with E-state index in [1.807, 2.05) is 16.7 Å². The number of nitrogens with two attached hydrogens (primary N) is 1. The second-order valence-electron chi connectivity index (χ2n) is 6.02. The maximum Gasteiger partial charge on any atom is 0.245 e. The fourth-order valence-corrected chi connectivity index (χ4v) is 3.28. The van der Waals surface area contributed by atoms with Gasteiger partial charge in [0, 0.05) is 26.1 Å². The van der Waals surface area contributed by atoms with Crippen LogP contribution in [0.4, 0.5) is 0 Å². The molecule has 122 valence electrons. The highest BCUT2D eigenvalue weighted by Gasteiger charge is 2.36. The average molecular weight is 318 g/mol. The van der Waals surface area contributed by atoms with Gasteiger partial charge in [0.25, 0.3) is 0 Å². The Hall–Kier alpha value is -0.810. The summed E-state index contributed by atoms with van der Waals surface area (Å²) in [4.78, 5) is 28.6. The van der Waals surface area contributed by atoms with E-state index in [9.17, 15) is 9.59 Å². The number of carbonyl (C=O) groups excluding carboxylic acids is 2. The molecule has 0 aromatic carbocycles. The molecule has 21 heavy (non-hydrogen) atoms. The highest BCUT2D eigenvalue weighted by atomic mass is 35.5. The van der Waals surface area contributed by atoms with Gasteiger partial charge in [0.2, 0.25) is 11.8 Å². The van der Waals surface area contributed by atoms with Crippen molar-refractivity contribution in [1.29, 1.82) is 0 Å². The summed E-state index contributed by atoms with van der Waals surface area (Å²) in [7, 11) is 0. The Labute approximate surface area is 133 Å². The van der Waals surface area contributed by atoms with Gasteiger partial charge in [-0.1, -0.05) is 6.92 Å². The van der Waals surface area contributed by atoms with Crippen LogP contribution in [0.1, 0.15) is 45.4 Å². The topological polar surface area (TPSA) is 66.6 Å². The third kappa shape index (κ3) is 4.33. The third-order valence-electron chi connectivity index (χ3n) is 4.50. The van der Waals surface area contributed by atoms with Crippen LogP contribution in [0.2, 0.25) is 0 Å². The molecule has 0 radical (unpaired) electrons. The number of amides is 2. The predicted molar refractivity (Wildman–Crippen MR) is 85.2 cm³/mol. The van der Waals surface area contributed by atoms with Crippen molar-refractivity contribution in [3.8, 4) is 0 Å². The van der Waals surface area contributed by atoms with Gasteiger partial charge in [-0.3, -0.25) is 9.59 Å². The second kappa shape index (κ2) is 8.59. The van der Waals surface area contributed by atoms with Gasteiger partial charge in [-0.15, -0.1) is 12.4 Å². The summed E-state index contributed by atoms with van der Waals surface area (Å²) in [6.45, 7) is 4.95. The van der Waals surface area contributed by atoms with Crippen molar-refractivity contribution >= 4 is 24.2 Å². The predicted octanol–water partition coefficient (Wildman–Crippen LogP) is 1.40. The lowest BCUT2D eigenvalue weighted by atomic mass is 10.00. The first-order valence-electron chi connectivity index (χ1n) is 7.95. The third-order valence-corrected chi connectivity index (χ3v) is 4.50. The molecule has 5 nitrogen and oxygen atoms in total. The minimum absolute atomic E-state index is 0. The molecule has 2 fully saturated rings. The number of hydrogen-bond acceptors (Lipinski definition) is 3. The molecule has 2 rings (SSSR count). The SMILES string of the molecule is CCCC(=O)N1CCCCC1C(=O)N1CCC(CN)C1.Cl. The first-order valence-corrected chi connectivity index (χ1v) is 7.95. The number of likely N-dealkylation sites (tertiary alicyclic amines) is 2. The zero-order chi connectivity index (χ0) is 14.5. The molecule has 2 aliphatic heterocycles. The molecule has 0 spiro atoms. The quantitative estimate of drug-likeness (QED) is 0.852. The highest BCUT2D eigenvalue weighted by molar-refractivity contribution is 5.88. The lowest BCUT2D eigenvalue weighted by molar-refractivity contribution is -0.147. The van der Waals surface area contributed by atoms with Crippen molar-refractivity contribution in [3.63, 3.8) is 0 Å². The molecule has 0 saturated carbocycles. The molecular weight excluding hydrogens is 290 g/mol. The molecule has 2 N–H and O–H groups in total. The van der Waals surface area contributed by atoms with Crippen LogP contribution in [-0.4, -0.2) is 53.8 Å². The largest absolute Gasteiger partial charge is 0.341 e. The van der Waals surface area contributed by atoms with Crippen molar-refractivity contribution in [2.45, 2.75) is 51.5 Å². The molecule has 0 aromatic rings. The molecule has 2 aliphatic rings. The Morgan fingerprint density at radius 2 is 1.95 bits per heavy atom. The van der Waals surface area contributed by atoms with Crippen LogP contribution in [0.5, 0.6) is 0 Å². The van der Waals surface area contributed by atoms with E-state index < -0.39 is 0 Å². The van der Waals surface area contributed by atoms with Crippen LogP contribution in [0, 0.1) is 5.92 Å². The summed E-state index contributed by atoms with van der Waals surface area (Å²) in [6.07, 6.45) is 5.27. The maximum atomic E-state index is 12.7. The number of rotatable bonds is 4. The maximum absolute atomic E-state index is 12.7. The van der Waals surface area contributed by atoms with Gasteiger partial charge in [-0.05, 0) is 44.6 Å². The van der Waals surface area contributed by atoms with Crippen molar-refractivity contribution in [1.82, 2.24) is 9.80 Å². The fourth-order valence-electron chi connectivity index (χ4n) is 3.28. The Morgan fingerprint density at radius 1 is 1.19 bits per heavy atom. The summed E-state index contributed by atoms with van der Waals surface area (Å²) in [6, 6.07) is -0.223. The Morgan fingerprint density at radius 3 is 2.57 bits per heavy atom. The molecule has 2 amide bonds. The summed E-state index contributed by atoms with van der Waals surface area (Å²) >= 11 is 0. The Balaban J connectivity index is 0.00000220. The van der Waals surface area contributed by atoms with E-state index in [0.717, 1.165) is 51.7 Å². The normalized spacial score (nSPS) is 25.6. The first-order chi connectivity index (χ1) is 9.67. The monoisotopic (exact) mass is 317 g/mol. The molecular formula is C15H28ClN3O2. The van der Waals surface area contributed by atoms with Crippen LogP contribution in [0.15, 0.2) is 0 Å². The second-order valence-corrected chi connectivity index (χ2v) is 6.02. The van der Waals surface area contributed by atoms with Gasteiger partial charge in [0.15, 0.2) is 0 Å². The minimum atomic E-state index is -0.223. The van der Waals surface area contributed by atoms with E-state index in [1.54, 1.807) is 0 Å². The van der Waals surface area contributed by atoms with E-state index in [-0.39, 0.29) is 30.3 Å². The van der Waals surface area contributed by atoms with Crippen LogP contribution < -0.4 is 5.73 Å². The van der Waals surface area contributed by atoms with Crippen LogP contribution in [0.3, 0.4) is 0 Å². The van der Waals surface area contributed by atoms with Gasteiger partial charge < -0.3 is 15.5 Å². The Bertz CT molecular complexity index is 365. The van der Waals surface area contributed by atoms with Crippen molar-refractivity contribution in [3.05, 3.63) is 0 Å². The molecule has 0 aliphatic carbocycles. The molecule has 6 heteroatoms. The van der Waals surface area contributed by atoms with Crippen molar-refractivity contribution in [2.24, 2.45) is 11.7 Å². The molecule has 2 heterocycles. The zero-order valence-electron chi connectivity index (χ0n) is 12.9. The Kier molecular flexibility index (Phi) is 7.46. The summed E-state index contributed by atoms with van der Waals surface area (Å²) in [5, 5.41) is 0. The number of carbonyl (C=O) groups is 2. The molecule has 0 aromatic heterocycles. The number of piperidine rings is 1. The number of hydrogen-bond donors (Lipinski definition) is 1. The van der Waals surface area contributed by atoms with Gasteiger partial charge >= 0.3 is 0 Å². The lowest BCUT2D eigenvalue weighted by Gasteiger charge is -2.37. The summed E-state index contributed by atoms with van der Waals surface area (Å²) < 4.78 is 0. The van der Waals surface area contributed by atoms with E-state index in [4.69, 9.17) is 5.73 Å². The van der Waals surface area contributed by atoms with E-state index >= 15 is 0 Å². The molecule has 2 unspecified atom stereocenters. The average Bonchev–Trinajstić information content (AvgIpc) is 2.95. The van der Waals surface area contributed by atoms with Gasteiger partial charge in [0.1, 0.15) is 6.04 Å². The van der Waals surface area contributed by atoms with Crippen LogP contribution in [-0.2, 0) is 9.59 Å². The fraction of sp³-hybridized carbons (Fsp3) is 0.867. The van der Waals surface area contributed by atoms with E-state index in [0.29, 0.717) is 18.9 Å². The lowest BCUT2D eigenvalue weighted by Crippen LogP contribution is -2.52. The van der Waals surface area contributed by atoms with Gasteiger partial charge in [-0.25, -0.2) is 0 Å². The standard InChI is InChI=1S/C15H27N3O2.ClH/c1-2-5-14(19)18-8-4-3-6-13(18)15(20)17-9-7-12(10-16)11-17;/h12-13H,2-11,16H2,1H3;1H. The zero-order valence-corrected chi connectivity index (χ0v) is 13.7. The molecule has 0 bridgehead atoms. The van der Waals surface area contributed by atoms with Crippen LogP contribution in [0.25, 0.3) is 0 Å². The highest BCUT2D eigenvalue weighted by Crippen LogP contribution is 2.23. The van der Waals surface area contributed by atoms with Crippen LogP contribution >= 0.6 is 12.4 Å². The van der Waals surface area contributed by atoms with Gasteiger partial charge in [0.05, 0.1) is 0 Å². The molecule has 2 saturated heterocycles. The number of halogens is 1. The summed E-state index contributed by atoms with van der Waals surface area (Å²) in [5.74, 6) is 0.715. The van der Waals surface area contributed by atoms with E-state index in [1.165, 1.54) is 0 Å². The van der Waals surface area contributed by atoms with Crippen molar-refractivity contribution in [2.75, 3.05) is 26.2 Å². The first kappa shape index (κ1) is 18.2. The van der Waals surface area contributed by atoms with E-state index in [2.05, 4.69) is 0 Å². The van der Waals surface area contributed by atoms with Gasteiger partial charge in [-0.2, -0.15) is 0 Å². The molecule has 2 atom stereocenters. The smallest absolute Gasteiger partial charge is 0.245 e. The number of nitrogens with zero attached hydrogens (tertiary/aromatic N) is 2.